The SMILES string of the molecule is Cc1cc#cc(NC(=O)/C(OC2CCCC2)=C(\C=N)N2CC[NH2+]C(c3ccccc3[NH2+]S(=O)[O-])C2)c1. The zero-order valence-electron chi connectivity index (χ0n) is 20.3. The van der Waals surface area contributed by atoms with Gasteiger partial charge in [0.2, 0.25) is 5.76 Å². The summed E-state index contributed by atoms with van der Waals surface area (Å²) in [5.41, 5.74) is 3.39. The number of anilines is 1. The molecule has 0 spiro atoms. The number of piperazine rings is 1. The zero-order valence-corrected chi connectivity index (χ0v) is 21.1. The number of nitrogens with two attached hydrogens (primary N) is 2. The third-order valence-electron chi connectivity index (χ3n) is 6.52. The molecule has 1 heterocycles. The lowest BCUT2D eigenvalue weighted by atomic mass is 10.0. The fourth-order valence-corrected chi connectivity index (χ4v) is 5.24. The monoisotopic (exact) mass is 510 g/mol. The molecule has 1 saturated heterocycles. The van der Waals surface area contributed by atoms with E-state index < -0.39 is 17.2 Å². The van der Waals surface area contributed by atoms with Crippen molar-refractivity contribution in [3.05, 3.63) is 71.1 Å². The number of nitrogens with zero attached hydrogens (tertiary/aromatic N) is 1. The standard InChI is InChI=1S/C26H31N5O4S/c1-18-7-6-8-19(15-18)29-26(32)25(35-20-9-2-3-10-20)24(16-27)31-14-13-28-23(17-31)21-11-4-5-12-22(21)30-36(33)34/h4-5,7,11-12,15-16,20,23,27-28,30H,2-3,9-10,13-14,17H2,1H3,(H,29,32)(H,33,34)/p+1/b25-24-,27-16?. The molecule has 2 atom stereocenters. The van der Waals surface area contributed by atoms with Crippen molar-refractivity contribution in [1.29, 1.82) is 5.41 Å². The molecule has 36 heavy (non-hydrogen) atoms. The van der Waals surface area contributed by atoms with Gasteiger partial charge in [-0.05, 0) is 62.4 Å². The zero-order chi connectivity index (χ0) is 25.5. The maximum atomic E-state index is 13.4. The van der Waals surface area contributed by atoms with Gasteiger partial charge in [0, 0.05) is 12.3 Å². The van der Waals surface area contributed by atoms with Gasteiger partial charge in [-0.1, -0.05) is 18.2 Å². The van der Waals surface area contributed by atoms with Gasteiger partial charge in [-0.15, -0.1) is 0 Å². The van der Waals surface area contributed by atoms with Crippen LogP contribution in [0.4, 0.5) is 11.4 Å². The highest BCUT2D eigenvalue weighted by molar-refractivity contribution is 7.72. The first kappa shape index (κ1) is 25.9. The van der Waals surface area contributed by atoms with Crippen molar-refractivity contribution in [2.24, 2.45) is 0 Å². The minimum Gasteiger partial charge on any atom is -0.724 e. The molecule has 0 aromatic heterocycles. The molecule has 10 heteroatoms. The van der Waals surface area contributed by atoms with E-state index in [4.69, 9.17) is 10.1 Å². The van der Waals surface area contributed by atoms with Gasteiger partial charge in [0.15, 0.2) is 5.69 Å². The van der Waals surface area contributed by atoms with Gasteiger partial charge >= 0.3 is 0 Å². The van der Waals surface area contributed by atoms with Gasteiger partial charge < -0.3 is 30.2 Å². The highest BCUT2D eigenvalue weighted by Crippen LogP contribution is 2.27. The van der Waals surface area contributed by atoms with Crippen molar-refractivity contribution in [1.82, 2.24) is 4.90 Å². The summed E-state index contributed by atoms with van der Waals surface area (Å²) in [6, 6.07) is 16.7. The average Bonchev–Trinajstić information content (AvgIpc) is 3.37. The number of rotatable bonds is 9. The number of benzene rings is 1. The summed E-state index contributed by atoms with van der Waals surface area (Å²) in [5, 5.41) is 13.2. The molecular formula is C26H32N5O4S+. The van der Waals surface area contributed by atoms with Gasteiger partial charge in [-0.3, -0.25) is 4.79 Å². The van der Waals surface area contributed by atoms with E-state index >= 15 is 0 Å². The Morgan fingerprint density at radius 3 is 2.86 bits per heavy atom. The summed E-state index contributed by atoms with van der Waals surface area (Å²) in [7, 11) is 0. The number of amides is 1. The maximum absolute atomic E-state index is 13.4. The number of carbonyl (C=O) groups is 1. The Balaban J connectivity index is 1.63. The molecular weight excluding hydrogens is 478 g/mol. The molecule has 2 aromatic carbocycles. The van der Waals surface area contributed by atoms with Crippen LogP contribution in [0.15, 0.2) is 47.9 Å². The summed E-state index contributed by atoms with van der Waals surface area (Å²) in [6.45, 7) is 3.75. The number of hydrogen-bond acceptors (Lipinski definition) is 6. The van der Waals surface area contributed by atoms with Crippen molar-refractivity contribution in [2.45, 2.75) is 44.8 Å². The molecule has 4 rings (SSSR count). The topological polar surface area (TPSA) is 139 Å². The van der Waals surface area contributed by atoms with Gasteiger partial charge in [-0.2, -0.15) is 0 Å². The first-order valence-electron chi connectivity index (χ1n) is 12.2. The lowest BCUT2D eigenvalue weighted by Gasteiger charge is -2.34. The first-order chi connectivity index (χ1) is 17.4. The fraction of sp³-hybridized carbons (Fsp3) is 0.385. The van der Waals surface area contributed by atoms with Crippen LogP contribution in [0.5, 0.6) is 0 Å². The Labute approximate surface area is 214 Å². The summed E-state index contributed by atoms with van der Waals surface area (Å²) in [4.78, 5) is 15.4. The Bertz CT molecular complexity index is 1150. The van der Waals surface area contributed by atoms with E-state index in [1.807, 2.05) is 36.1 Å². The minimum atomic E-state index is -2.31. The molecule has 9 nitrogen and oxygen atoms in total. The molecule has 0 radical (unpaired) electrons. The second-order valence-corrected chi connectivity index (χ2v) is 9.89. The number of carbonyl (C=O) groups excluding carboxylic acids is 1. The smallest absolute Gasteiger partial charge is 0.293 e. The maximum Gasteiger partial charge on any atom is 0.293 e. The number of allylic oxidation sites excluding steroid dienone is 1. The van der Waals surface area contributed by atoms with Crippen molar-refractivity contribution in [2.75, 3.05) is 25.0 Å². The van der Waals surface area contributed by atoms with E-state index in [2.05, 4.69) is 22.8 Å². The predicted molar refractivity (Wildman–Crippen MR) is 135 cm³/mol. The van der Waals surface area contributed by atoms with Crippen LogP contribution in [0.2, 0.25) is 0 Å². The molecule has 1 amide bonds. The molecule has 2 aliphatic rings. The number of quaternary nitrogens is 2. The van der Waals surface area contributed by atoms with Gasteiger partial charge in [-0.25, -0.2) is 8.93 Å². The molecule has 1 aliphatic carbocycles. The van der Waals surface area contributed by atoms with Crippen molar-refractivity contribution < 1.29 is 28.3 Å². The number of hydrogen-bond donors (Lipinski definition) is 4. The van der Waals surface area contributed by atoms with Crippen LogP contribution in [-0.2, 0) is 20.8 Å². The third-order valence-corrected chi connectivity index (χ3v) is 6.96. The summed E-state index contributed by atoms with van der Waals surface area (Å²) < 4.78 is 30.2. The van der Waals surface area contributed by atoms with E-state index in [0.717, 1.165) is 43.4 Å². The van der Waals surface area contributed by atoms with E-state index in [0.29, 0.717) is 30.2 Å². The van der Waals surface area contributed by atoms with Crippen LogP contribution in [0.1, 0.15) is 42.9 Å². The van der Waals surface area contributed by atoms with Crippen LogP contribution >= 0.6 is 0 Å². The van der Waals surface area contributed by atoms with Crippen molar-refractivity contribution >= 4 is 34.8 Å². The summed E-state index contributed by atoms with van der Waals surface area (Å²) >= 11 is -2.31. The van der Waals surface area contributed by atoms with Crippen LogP contribution in [-0.4, -0.2) is 51.5 Å². The second kappa shape index (κ2) is 12.1. The number of ether oxygens (including phenoxy) is 1. The Hall–Kier alpha value is -3.23. The van der Waals surface area contributed by atoms with E-state index in [1.165, 1.54) is 10.9 Å². The molecule has 2 aromatic rings. The molecule has 6 N–H and O–H groups in total. The van der Waals surface area contributed by atoms with Gasteiger partial charge in [0.1, 0.15) is 23.0 Å². The Kier molecular flexibility index (Phi) is 8.72. The fourth-order valence-electron chi connectivity index (χ4n) is 4.82. The average molecular weight is 511 g/mol. The predicted octanol–water partition coefficient (Wildman–Crippen LogP) is 0.964. The second-order valence-electron chi connectivity index (χ2n) is 9.14. The molecule has 2 unspecified atom stereocenters. The Morgan fingerprint density at radius 2 is 2.14 bits per heavy atom. The molecule has 0 bridgehead atoms. The highest BCUT2D eigenvalue weighted by Gasteiger charge is 2.32. The van der Waals surface area contributed by atoms with Crippen LogP contribution < -0.4 is 15.4 Å². The molecule has 190 valence electrons. The van der Waals surface area contributed by atoms with Crippen molar-refractivity contribution in [3.8, 4) is 0 Å². The van der Waals surface area contributed by atoms with Gasteiger partial charge in [0.05, 0.1) is 37.0 Å². The van der Waals surface area contributed by atoms with E-state index in [-0.39, 0.29) is 17.9 Å². The molecule has 1 aliphatic heterocycles. The number of nitrogens with one attached hydrogen (secondary N) is 2. The quantitative estimate of drug-likeness (QED) is 0.131. The third kappa shape index (κ3) is 6.50. The summed E-state index contributed by atoms with van der Waals surface area (Å²) in [6.07, 6.45) is 4.97. The van der Waals surface area contributed by atoms with Crippen LogP contribution in [0, 0.1) is 24.5 Å². The van der Waals surface area contributed by atoms with Crippen LogP contribution in [0.25, 0.3) is 0 Å². The highest BCUT2D eigenvalue weighted by atomic mass is 32.2. The molecule has 2 fully saturated rings. The molecule has 1 saturated carbocycles. The number of aryl methyl sites for hydroxylation is 1. The van der Waals surface area contributed by atoms with Crippen molar-refractivity contribution in [3.63, 3.8) is 0 Å². The van der Waals surface area contributed by atoms with E-state index in [1.54, 1.807) is 12.1 Å². The lowest BCUT2D eigenvalue weighted by Crippen LogP contribution is -2.91. The van der Waals surface area contributed by atoms with Crippen LogP contribution in [0.3, 0.4) is 0 Å². The lowest BCUT2D eigenvalue weighted by molar-refractivity contribution is -0.704. The van der Waals surface area contributed by atoms with Gasteiger partial charge in [0.25, 0.3) is 5.91 Å². The van der Waals surface area contributed by atoms with E-state index in [9.17, 15) is 13.6 Å². The minimum absolute atomic E-state index is 0.0664. The summed E-state index contributed by atoms with van der Waals surface area (Å²) in [5.74, 6) is -0.287. The Morgan fingerprint density at radius 1 is 1.36 bits per heavy atom. The largest absolute Gasteiger partial charge is 0.724 e. The first-order valence-corrected chi connectivity index (χ1v) is 13.3. The normalized spacial score (nSPS) is 19.7.